The molecule has 28 heavy (non-hydrogen) atoms. The molecule has 0 bridgehead atoms. The van der Waals surface area contributed by atoms with Gasteiger partial charge in [0, 0.05) is 9.90 Å². The number of esters is 1. The Labute approximate surface area is 174 Å². The van der Waals surface area contributed by atoms with Crippen molar-refractivity contribution in [1.29, 1.82) is 0 Å². The molecule has 0 spiro atoms. The molecule has 0 saturated carbocycles. The third kappa shape index (κ3) is 4.67. The van der Waals surface area contributed by atoms with Crippen LogP contribution in [0.25, 0.3) is 0 Å². The van der Waals surface area contributed by atoms with E-state index in [0.717, 1.165) is 29.7 Å². The third-order valence-corrected chi connectivity index (χ3v) is 6.11. The van der Waals surface area contributed by atoms with Crippen molar-refractivity contribution in [3.63, 3.8) is 0 Å². The minimum Gasteiger partial charge on any atom is -0.481 e. The molecule has 0 saturated heterocycles. The lowest BCUT2D eigenvalue weighted by Gasteiger charge is -2.18. The minimum atomic E-state index is -0.744. The second-order valence-electron chi connectivity index (χ2n) is 6.98. The first-order valence-electron chi connectivity index (χ1n) is 9.43. The number of hydrogen-bond donors (Lipinski definition) is 1. The number of rotatable bonds is 6. The van der Waals surface area contributed by atoms with Gasteiger partial charge in [-0.05, 0) is 62.8 Å². The molecule has 1 heterocycles. The fourth-order valence-corrected chi connectivity index (χ4v) is 4.85. The lowest BCUT2D eigenvalue weighted by molar-refractivity contribution is -0.122. The monoisotopic (exact) mass is 421 g/mol. The summed E-state index contributed by atoms with van der Waals surface area (Å²) in [5.74, 6) is 0.375. The van der Waals surface area contributed by atoms with Crippen LogP contribution in [0, 0.1) is 5.92 Å². The van der Waals surface area contributed by atoms with Gasteiger partial charge in [0.2, 0.25) is 0 Å². The van der Waals surface area contributed by atoms with Crippen LogP contribution in [0.3, 0.4) is 0 Å². The molecule has 1 aromatic carbocycles. The fraction of sp³-hybridized carbons (Fsp3) is 0.429. The quantitative estimate of drug-likeness (QED) is 0.658. The van der Waals surface area contributed by atoms with Crippen molar-refractivity contribution < 1.29 is 19.1 Å². The summed E-state index contributed by atoms with van der Waals surface area (Å²) in [6.07, 6.45) is 2.02. The Morgan fingerprint density at radius 3 is 2.89 bits per heavy atom. The maximum atomic E-state index is 12.7. The molecule has 1 aliphatic rings. The number of nitrogens with one attached hydrogen (secondary N) is 1. The fourth-order valence-electron chi connectivity index (χ4n) is 3.27. The normalized spacial score (nSPS) is 16.8. The smallest absolute Gasteiger partial charge is 0.341 e. The molecule has 150 valence electrons. The van der Waals surface area contributed by atoms with Crippen LogP contribution in [0.2, 0.25) is 5.02 Å². The molecule has 1 aliphatic carbocycles. The number of carbonyl (C=O) groups is 2. The van der Waals surface area contributed by atoms with E-state index in [1.807, 2.05) is 0 Å². The summed E-state index contributed by atoms with van der Waals surface area (Å²) >= 11 is 7.43. The maximum absolute atomic E-state index is 12.7. The first-order chi connectivity index (χ1) is 13.4. The Kier molecular flexibility index (Phi) is 6.62. The SMILES string of the molecule is CCOC(=O)c1c(NC(=O)C(C)Oc2cccc(Cl)c2)sc2c1CCC(C)C2. The van der Waals surface area contributed by atoms with Gasteiger partial charge in [-0.2, -0.15) is 0 Å². The molecule has 1 amide bonds. The summed E-state index contributed by atoms with van der Waals surface area (Å²) < 4.78 is 10.9. The number of hydrogen-bond acceptors (Lipinski definition) is 5. The molecular formula is C21H24ClNO4S. The molecule has 7 heteroatoms. The van der Waals surface area contributed by atoms with Gasteiger partial charge >= 0.3 is 5.97 Å². The van der Waals surface area contributed by atoms with Crippen LogP contribution in [0.1, 0.15) is 48.0 Å². The van der Waals surface area contributed by atoms with E-state index in [4.69, 9.17) is 21.1 Å². The first kappa shape index (κ1) is 20.7. The molecule has 0 fully saturated rings. The van der Waals surface area contributed by atoms with Gasteiger partial charge < -0.3 is 14.8 Å². The second kappa shape index (κ2) is 8.97. The predicted molar refractivity (Wildman–Crippen MR) is 112 cm³/mol. The minimum absolute atomic E-state index is 0.293. The summed E-state index contributed by atoms with van der Waals surface area (Å²) in [7, 11) is 0. The number of anilines is 1. The van der Waals surface area contributed by atoms with Crippen molar-refractivity contribution in [2.45, 2.75) is 46.1 Å². The molecule has 0 aliphatic heterocycles. The number of thiophene rings is 1. The average Bonchev–Trinajstić information content (AvgIpc) is 2.98. The number of benzene rings is 1. The van der Waals surface area contributed by atoms with Gasteiger partial charge in [0.1, 0.15) is 10.8 Å². The Balaban J connectivity index is 1.80. The van der Waals surface area contributed by atoms with Crippen molar-refractivity contribution in [2.24, 2.45) is 5.92 Å². The van der Waals surface area contributed by atoms with E-state index in [1.54, 1.807) is 38.1 Å². The summed E-state index contributed by atoms with van der Waals surface area (Å²) in [5, 5.41) is 3.96. The van der Waals surface area contributed by atoms with Gasteiger partial charge in [0.05, 0.1) is 12.2 Å². The number of fused-ring (bicyclic) bond motifs is 1. The second-order valence-corrected chi connectivity index (χ2v) is 8.52. The molecule has 2 atom stereocenters. The zero-order valence-corrected chi connectivity index (χ0v) is 17.8. The largest absolute Gasteiger partial charge is 0.481 e. The Morgan fingerprint density at radius 1 is 1.39 bits per heavy atom. The van der Waals surface area contributed by atoms with E-state index < -0.39 is 6.10 Å². The summed E-state index contributed by atoms with van der Waals surface area (Å²) in [4.78, 5) is 26.4. The van der Waals surface area contributed by atoms with Crippen LogP contribution in [0.4, 0.5) is 5.00 Å². The highest BCUT2D eigenvalue weighted by atomic mass is 35.5. The third-order valence-electron chi connectivity index (χ3n) is 4.71. The standard InChI is InChI=1S/C21H24ClNO4S/c1-4-26-21(25)18-16-9-8-12(2)10-17(16)28-20(18)23-19(24)13(3)27-15-7-5-6-14(22)11-15/h5-7,11-13H,4,8-10H2,1-3H3,(H,23,24). The van der Waals surface area contributed by atoms with Crippen LogP contribution in [0.5, 0.6) is 5.75 Å². The Hall–Kier alpha value is -2.05. The van der Waals surface area contributed by atoms with Gasteiger partial charge in [0.15, 0.2) is 6.10 Å². The molecule has 0 radical (unpaired) electrons. The van der Waals surface area contributed by atoms with Crippen LogP contribution in [0.15, 0.2) is 24.3 Å². The van der Waals surface area contributed by atoms with Crippen LogP contribution < -0.4 is 10.1 Å². The average molecular weight is 422 g/mol. The molecule has 1 aromatic heterocycles. The lowest BCUT2D eigenvalue weighted by Crippen LogP contribution is -2.30. The van der Waals surface area contributed by atoms with Gasteiger partial charge in [-0.15, -0.1) is 11.3 Å². The Bertz CT molecular complexity index is 879. The van der Waals surface area contributed by atoms with Gasteiger partial charge in [-0.25, -0.2) is 4.79 Å². The number of ether oxygens (including phenoxy) is 2. The summed E-state index contributed by atoms with van der Waals surface area (Å²) in [5.41, 5.74) is 1.51. The van der Waals surface area contributed by atoms with Crippen molar-refractivity contribution in [3.8, 4) is 5.75 Å². The topological polar surface area (TPSA) is 64.6 Å². The highest BCUT2D eigenvalue weighted by Gasteiger charge is 2.30. The van der Waals surface area contributed by atoms with Crippen LogP contribution in [-0.2, 0) is 22.4 Å². The first-order valence-corrected chi connectivity index (χ1v) is 10.6. The predicted octanol–water partition coefficient (Wildman–Crippen LogP) is 5.11. The van der Waals surface area contributed by atoms with Gasteiger partial charge in [-0.3, -0.25) is 4.79 Å². The zero-order chi connectivity index (χ0) is 20.3. The van der Waals surface area contributed by atoms with Crippen LogP contribution in [-0.4, -0.2) is 24.6 Å². The van der Waals surface area contributed by atoms with E-state index in [9.17, 15) is 9.59 Å². The number of halogens is 1. The summed E-state index contributed by atoms with van der Waals surface area (Å²) in [6.45, 7) is 5.93. The molecule has 5 nitrogen and oxygen atoms in total. The Morgan fingerprint density at radius 2 is 2.18 bits per heavy atom. The zero-order valence-electron chi connectivity index (χ0n) is 16.2. The number of carbonyl (C=O) groups excluding carboxylic acids is 2. The van der Waals surface area contributed by atoms with Crippen molar-refractivity contribution in [3.05, 3.63) is 45.3 Å². The highest BCUT2D eigenvalue weighted by molar-refractivity contribution is 7.17. The molecular weight excluding hydrogens is 398 g/mol. The van der Waals surface area contributed by atoms with E-state index in [-0.39, 0.29) is 11.9 Å². The lowest BCUT2D eigenvalue weighted by atomic mass is 9.88. The maximum Gasteiger partial charge on any atom is 0.341 e. The van der Waals surface area contributed by atoms with E-state index in [0.29, 0.717) is 33.9 Å². The molecule has 2 aromatic rings. The molecule has 3 rings (SSSR count). The van der Waals surface area contributed by atoms with E-state index >= 15 is 0 Å². The molecule has 1 N–H and O–H groups in total. The van der Waals surface area contributed by atoms with E-state index in [2.05, 4.69) is 12.2 Å². The number of amides is 1. The van der Waals surface area contributed by atoms with Gasteiger partial charge in [0.25, 0.3) is 5.91 Å². The summed E-state index contributed by atoms with van der Waals surface area (Å²) in [6, 6.07) is 6.89. The van der Waals surface area contributed by atoms with Crippen molar-refractivity contribution in [2.75, 3.05) is 11.9 Å². The van der Waals surface area contributed by atoms with Crippen LogP contribution >= 0.6 is 22.9 Å². The highest BCUT2D eigenvalue weighted by Crippen LogP contribution is 2.40. The van der Waals surface area contributed by atoms with Crippen molar-refractivity contribution in [1.82, 2.24) is 0 Å². The van der Waals surface area contributed by atoms with Crippen molar-refractivity contribution >= 4 is 39.8 Å². The van der Waals surface area contributed by atoms with E-state index in [1.165, 1.54) is 11.3 Å². The molecule has 2 unspecified atom stereocenters. The van der Waals surface area contributed by atoms with Gasteiger partial charge in [-0.1, -0.05) is 24.6 Å².